The van der Waals surface area contributed by atoms with Gasteiger partial charge in [-0.3, -0.25) is 9.89 Å². The van der Waals surface area contributed by atoms with Crippen LogP contribution in [0.5, 0.6) is 0 Å². The number of thioether (sulfide) groups is 1. The molecule has 4 rings (SSSR count). The molecule has 0 saturated heterocycles. The highest BCUT2D eigenvalue weighted by Crippen LogP contribution is 2.23. The summed E-state index contributed by atoms with van der Waals surface area (Å²) in [5.74, 6) is 0.0255. The number of amides is 1. The lowest BCUT2D eigenvalue weighted by Crippen LogP contribution is -2.28. The minimum atomic E-state index is -0.373. The molecule has 1 amide bonds. The third kappa shape index (κ3) is 4.46. The van der Waals surface area contributed by atoms with E-state index >= 15 is 0 Å². The fraction of sp³-hybridized carbons (Fsp3) is 0.136. The van der Waals surface area contributed by atoms with Gasteiger partial charge in [0, 0.05) is 0 Å². The third-order valence-electron chi connectivity index (χ3n) is 4.58. The van der Waals surface area contributed by atoms with E-state index in [0.717, 1.165) is 10.9 Å². The Morgan fingerprint density at radius 2 is 1.86 bits per heavy atom. The highest BCUT2D eigenvalue weighted by molar-refractivity contribution is 7.99. The number of hydrogen-bond acceptors (Lipinski definition) is 4. The molecule has 29 heavy (non-hydrogen) atoms. The summed E-state index contributed by atoms with van der Waals surface area (Å²) in [6, 6.07) is 20.5. The summed E-state index contributed by atoms with van der Waals surface area (Å²) < 4.78 is 13.8. The molecule has 0 fully saturated rings. The highest BCUT2D eigenvalue weighted by atomic mass is 32.2. The number of halogens is 1. The van der Waals surface area contributed by atoms with Gasteiger partial charge in [-0.15, -0.1) is 5.10 Å². The molecule has 1 unspecified atom stereocenters. The summed E-state index contributed by atoms with van der Waals surface area (Å²) >= 11 is 1.20. The van der Waals surface area contributed by atoms with Crippen molar-refractivity contribution in [3.63, 3.8) is 0 Å². The number of aromatic amines is 1. The molecule has 5 nitrogen and oxygen atoms in total. The van der Waals surface area contributed by atoms with Crippen molar-refractivity contribution < 1.29 is 9.18 Å². The number of hydrogen-bond donors (Lipinski definition) is 2. The summed E-state index contributed by atoms with van der Waals surface area (Å²) in [5.41, 5.74) is 1.39. The first kappa shape index (κ1) is 19.1. The van der Waals surface area contributed by atoms with Crippen LogP contribution in [0.15, 0.2) is 71.9 Å². The van der Waals surface area contributed by atoms with Crippen LogP contribution in [0.3, 0.4) is 0 Å². The van der Waals surface area contributed by atoms with E-state index in [1.165, 1.54) is 23.2 Å². The van der Waals surface area contributed by atoms with Crippen LogP contribution in [0.1, 0.15) is 18.5 Å². The van der Waals surface area contributed by atoms with Crippen LogP contribution >= 0.6 is 11.8 Å². The van der Waals surface area contributed by atoms with E-state index in [1.807, 2.05) is 25.1 Å². The predicted molar refractivity (Wildman–Crippen MR) is 113 cm³/mol. The Balaban J connectivity index is 1.35. The van der Waals surface area contributed by atoms with Gasteiger partial charge in [0.15, 0.2) is 5.82 Å². The van der Waals surface area contributed by atoms with Crippen molar-refractivity contribution in [2.75, 3.05) is 5.75 Å². The van der Waals surface area contributed by atoms with E-state index in [-0.39, 0.29) is 23.5 Å². The second-order valence-electron chi connectivity index (χ2n) is 6.63. The number of carbonyl (C=O) groups excluding carboxylic acids is 1. The zero-order valence-electron chi connectivity index (χ0n) is 15.7. The largest absolute Gasteiger partial charge is 0.349 e. The van der Waals surface area contributed by atoms with Gasteiger partial charge in [0.2, 0.25) is 11.1 Å². The molecule has 0 spiro atoms. The molecular formula is C22H19FN4OS. The Labute approximate surface area is 171 Å². The molecule has 4 aromatic rings. The van der Waals surface area contributed by atoms with Gasteiger partial charge >= 0.3 is 0 Å². The number of rotatable bonds is 6. The molecule has 0 aliphatic carbocycles. The SMILES string of the molecule is CC(NC(=O)CSc1n[nH]c(-c2ccccc2F)n1)c1ccc2ccccc2c1. The number of fused-ring (bicyclic) bond motifs is 1. The average molecular weight is 406 g/mol. The summed E-state index contributed by atoms with van der Waals surface area (Å²) in [6.45, 7) is 1.95. The van der Waals surface area contributed by atoms with Crippen LogP contribution in [-0.4, -0.2) is 26.8 Å². The fourth-order valence-electron chi connectivity index (χ4n) is 3.06. The van der Waals surface area contributed by atoms with Crippen molar-refractivity contribution in [1.82, 2.24) is 20.5 Å². The Morgan fingerprint density at radius 1 is 1.10 bits per heavy atom. The van der Waals surface area contributed by atoms with Crippen molar-refractivity contribution >= 4 is 28.4 Å². The van der Waals surface area contributed by atoms with Gasteiger partial charge in [0.1, 0.15) is 5.82 Å². The minimum absolute atomic E-state index is 0.117. The number of nitrogens with zero attached hydrogens (tertiary/aromatic N) is 2. The topological polar surface area (TPSA) is 70.7 Å². The van der Waals surface area contributed by atoms with E-state index in [9.17, 15) is 9.18 Å². The van der Waals surface area contributed by atoms with Gasteiger partial charge < -0.3 is 5.32 Å². The van der Waals surface area contributed by atoms with Crippen LogP contribution in [0.4, 0.5) is 4.39 Å². The lowest BCUT2D eigenvalue weighted by atomic mass is 10.0. The number of H-pyrrole nitrogens is 1. The molecule has 146 valence electrons. The number of aromatic nitrogens is 3. The molecule has 7 heteroatoms. The zero-order valence-corrected chi connectivity index (χ0v) is 16.5. The van der Waals surface area contributed by atoms with Crippen molar-refractivity contribution in [3.8, 4) is 11.4 Å². The Bertz CT molecular complexity index is 1160. The molecule has 1 heterocycles. The average Bonchev–Trinajstić information content (AvgIpc) is 3.21. The predicted octanol–water partition coefficient (Wildman–Crippen LogP) is 4.73. The molecule has 1 aromatic heterocycles. The monoisotopic (exact) mass is 406 g/mol. The Hall–Kier alpha value is -3.19. The van der Waals surface area contributed by atoms with Gasteiger partial charge in [0.05, 0.1) is 17.4 Å². The first-order chi connectivity index (χ1) is 14.1. The lowest BCUT2D eigenvalue weighted by Gasteiger charge is -2.14. The van der Waals surface area contributed by atoms with Gasteiger partial charge in [-0.1, -0.05) is 60.3 Å². The van der Waals surface area contributed by atoms with Crippen LogP contribution in [-0.2, 0) is 4.79 Å². The van der Waals surface area contributed by atoms with E-state index in [1.54, 1.807) is 18.2 Å². The van der Waals surface area contributed by atoms with Crippen LogP contribution in [0.2, 0.25) is 0 Å². The molecule has 0 bridgehead atoms. The molecule has 0 saturated carbocycles. The lowest BCUT2D eigenvalue weighted by molar-refractivity contribution is -0.119. The van der Waals surface area contributed by atoms with Crippen molar-refractivity contribution in [2.24, 2.45) is 0 Å². The summed E-state index contributed by atoms with van der Waals surface area (Å²) in [5, 5.41) is 12.5. The molecule has 0 radical (unpaired) electrons. The maximum atomic E-state index is 13.8. The molecule has 3 aromatic carbocycles. The van der Waals surface area contributed by atoms with Gasteiger partial charge in [-0.25, -0.2) is 9.37 Å². The van der Waals surface area contributed by atoms with Crippen LogP contribution in [0.25, 0.3) is 22.2 Å². The van der Waals surface area contributed by atoms with Crippen LogP contribution < -0.4 is 5.32 Å². The summed E-state index contributed by atoms with van der Waals surface area (Å²) in [4.78, 5) is 16.6. The van der Waals surface area contributed by atoms with Gasteiger partial charge in [-0.2, -0.15) is 0 Å². The number of carbonyl (C=O) groups is 1. The van der Waals surface area contributed by atoms with Gasteiger partial charge in [-0.05, 0) is 41.5 Å². The second kappa shape index (κ2) is 8.45. The van der Waals surface area contributed by atoms with Crippen LogP contribution in [0, 0.1) is 5.82 Å². The molecular weight excluding hydrogens is 387 g/mol. The maximum absolute atomic E-state index is 13.8. The third-order valence-corrected chi connectivity index (χ3v) is 5.42. The van der Waals surface area contributed by atoms with E-state index in [4.69, 9.17) is 0 Å². The highest BCUT2D eigenvalue weighted by Gasteiger charge is 2.14. The Kier molecular flexibility index (Phi) is 5.57. The Morgan fingerprint density at radius 3 is 2.69 bits per heavy atom. The van der Waals surface area contributed by atoms with Crippen molar-refractivity contribution in [3.05, 3.63) is 78.1 Å². The van der Waals surface area contributed by atoms with E-state index in [0.29, 0.717) is 16.5 Å². The molecule has 1 atom stereocenters. The minimum Gasteiger partial charge on any atom is -0.349 e. The second-order valence-corrected chi connectivity index (χ2v) is 7.57. The summed E-state index contributed by atoms with van der Waals surface area (Å²) in [6.07, 6.45) is 0. The van der Waals surface area contributed by atoms with E-state index in [2.05, 4.69) is 44.8 Å². The first-order valence-electron chi connectivity index (χ1n) is 9.18. The quantitative estimate of drug-likeness (QED) is 0.454. The number of benzene rings is 3. The smallest absolute Gasteiger partial charge is 0.230 e. The normalized spacial score (nSPS) is 12.1. The summed E-state index contributed by atoms with van der Waals surface area (Å²) in [7, 11) is 0. The first-order valence-corrected chi connectivity index (χ1v) is 10.2. The van der Waals surface area contributed by atoms with E-state index < -0.39 is 0 Å². The zero-order chi connectivity index (χ0) is 20.2. The fourth-order valence-corrected chi connectivity index (χ4v) is 3.67. The standard InChI is InChI=1S/C22H19FN4OS/c1-14(16-11-10-15-6-2-3-7-17(15)12-16)24-20(28)13-29-22-25-21(26-27-22)18-8-4-5-9-19(18)23/h2-12,14H,13H2,1H3,(H,24,28)(H,25,26,27). The van der Waals surface area contributed by atoms with Crippen molar-refractivity contribution in [2.45, 2.75) is 18.1 Å². The molecule has 2 N–H and O–H groups in total. The van der Waals surface area contributed by atoms with Gasteiger partial charge in [0.25, 0.3) is 0 Å². The molecule has 0 aliphatic heterocycles. The number of nitrogens with one attached hydrogen (secondary N) is 2. The van der Waals surface area contributed by atoms with Crippen molar-refractivity contribution in [1.29, 1.82) is 0 Å². The molecule has 0 aliphatic rings. The maximum Gasteiger partial charge on any atom is 0.230 e.